The number of aromatic nitrogens is 2. The number of fused-ring (bicyclic) bond motifs is 1. The minimum absolute atomic E-state index is 0.0186. The van der Waals surface area contributed by atoms with E-state index in [1.165, 1.54) is 9.75 Å². The van der Waals surface area contributed by atoms with Crippen LogP contribution in [0.15, 0.2) is 36.7 Å². The van der Waals surface area contributed by atoms with Crippen LogP contribution in [0.4, 0.5) is 0 Å². The molecule has 0 aliphatic rings. The summed E-state index contributed by atoms with van der Waals surface area (Å²) in [6, 6.07) is 9.79. The topological polar surface area (TPSA) is 49.0 Å². The Morgan fingerprint density at radius 3 is 2.86 bits per heavy atom. The molecule has 1 N–H and O–H groups in total. The van der Waals surface area contributed by atoms with Gasteiger partial charge in [0.2, 0.25) is 0 Å². The first-order valence-electron chi connectivity index (χ1n) is 6.83. The summed E-state index contributed by atoms with van der Waals surface area (Å²) in [4.78, 5) is 24.1. The molecule has 5 heteroatoms. The van der Waals surface area contributed by atoms with E-state index in [0.717, 1.165) is 11.0 Å². The van der Waals surface area contributed by atoms with Crippen LogP contribution in [-0.2, 0) is 0 Å². The molecule has 2 aromatic heterocycles. The summed E-state index contributed by atoms with van der Waals surface area (Å²) in [6.07, 6.45) is 1.64. The molecule has 3 rings (SSSR count). The molecular weight excluding hydrogens is 282 g/mol. The number of nitrogens with one attached hydrogen (secondary N) is 1. The molecule has 4 nitrogen and oxygen atoms in total. The SMILES string of the molecule is Cc1ccc(C(C)N(C)C(=O)c2ccc3nc[nH]c3c2)s1. The molecule has 21 heavy (non-hydrogen) atoms. The van der Waals surface area contributed by atoms with E-state index in [9.17, 15) is 4.79 Å². The summed E-state index contributed by atoms with van der Waals surface area (Å²) in [6.45, 7) is 4.13. The molecule has 0 spiro atoms. The predicted octanol–water partition coefficient (Wildman–Crippen LogP) is 3.77. The van der Waals surface area contributed by atoms with Crippen molar-refractivity contribution in [2.75, 3.05) is 7.05 Å². The second-order valence-electron chi connectivity index (χ2n) is 5.17. The van der Waals surface area contributed by atoms with Gasteiger partial charge in [0.15, 0.2) is 0 Å². The van der Waals surface area contributed by atoms with Crippen molar-refractivity contribution >= 4 is 28.3 Å². The molecule has 1 aromatic carbocycles. The molecule has 1 atom stereocenters. The van der Waals surface area contributed by atoms with E-state index in [0.29, 0.717) is 5.56 Å². The van der Waals surface area contributed by atoms with Gasteiger partial charge in [-0.2, -0.15) is 0 Å². The Labute approximate surface area is 127 Å². The van der Waals surface area contributed by atoms with Crippen LogP contribution in [0.1, 0.15) is 33.1 Å². The van der Waals surface area contributed by atoms with Gasteiger partial charge in [0.05, 0.1) is 23.4 Å². The van der Waals surface area contributed by atoms with E-state index in [1.807, 2.05) is 25.2 Å². The van der Waals surface area contributed by atoms with Gasteiger partial charge in [-0.3, -0.25) is 4.79 Å². The number of thiophene rings is 1. The van der Waals surface area contributed by atoms with Gasteiger partial charge in [-0.15, -0.1) is 11.3 Å². The normalized spacial score (nSPS) is 12.5. The van der Waals surface area contributed by atoms with E-state index in [1.54, 1.807) is 22.6 Å². The number of nitrogens with zero attached hydrogens (tertiary/aromatic N) is 2. The second kappa shape index (κ2) is 5.33. The number of benzene rings is 1. The number of carbonyl (C=O) groups excluding carboxylic acids is 1. The number of H-pyrrole nitrogens is 1. The summed E-state index contributed by atoms with van der Waals surface area (Å²) < 4.78 is 0. The van der Waals surface area contributed by atoms with E-state index in [2.05, 4.69) is 35.9 Å². The summed E-state index contributed by atoms with van der Waals surface area (Å²) in [5.41, 5.74) is 2.43. The highest BCUT2D eigenvalue weighted by Crippen LogP contribution is 2.27. The summed E-state index contributed by atoms with van der Waals surface area (Å²) in [7, 11) is 1.85. The van der Waals surface area contributed by atoms with Crippen molar-refractivity contribution in [1.82, 2.24) is 14.9 Å². The summed E-state index contributed by atoms with van der Waals surface area (Å²) in [5, 5.41) is 0. The van der Waals surface area contributed by atoms with Gasteiger partial charge in [-0.25, -0.2) is 4.98 Å². The molecule has 0 saturated heterocycles. The highest BCUT2D eigenvalue weighted by Gasteiger charge is 2.20. The average molecular weight is 299 g/mol. The van der Waals surface area contributed by atoms with Gasteiger partial charge in [0, 0.05) is 22.4 Å². The zero-order valence-corrected chi connectivity index (χ0v) is 13.1. The first-order valence-corrected chi connectivity index (χ1v) is 7.64. The van der Waals surface area contributed by atoms with E-state index in [4.69, 9.17) is 0 Å². The van der Waals surface area contributed by atoms with Gasteiger partial charge in [0.25, 0.3) is 5.91 Å². The lowest BCUT2D eigenvalue weighted by Gasteiger charge is -2.24. The largest absolute Gasteiger partial charge is 0.345 e. The van der Waals surface area contributed by atoms with Crippen molar-refractivity contribution in [3.05, 3.63) is 52.0 Å². The zero-order chi connectivity index (χ0) is 15.0. The van der Waals surface area contributed by atoms with Crippen LogP contribution in [0.3, 0.4) is 0 Å². The number of rotatable bonds is 3. The van der Waals surface area contributed by atoms with Crippen LogP contribution >= 0.6 is 11.3 Å². The van der Waals surface area contributed by atoms with Gasteiger partial charge in [0.1, 0.15) is 0 Å². The average Bonchev–Trinajstić information content (AvgIpc) is 3.12. The number of amides is 1. The Kier molecular flexibility index (Phi) is 3.51. The Balaban J connectivity index is 1.86. The Bertz CT molecular complexity index is 790. The molecule has 108 valence electrons. The molecule has 0 saturated carbocycles. The maximum Gasteiger partial charge on any atom is 0.254 e. The second-order valence-corrected chi connectivity index (χ2v) is 6.49. The minimum atomic E-state index is 0.0186. The van der Waals surface area contributed by atoms with Crippen molar-refractivity contribution in [3.8, 4) is 0 Å². The van der Waals surface area contributed by atoms with Crippen LogP contribution in [0, 0.1) is 6.92 Å². The highest BCUT2D eigenvalue weighted by atomic mass is 32.1. The van der Waals surface area contributed by atoms with Crippen LogP contribution in [0.25, 0.3) is 11.0 Å². The van der Waals surface area contributed by atoms with Crippen molar-refractivity contribution in [3.63, 3.8) is 0 Å². The fourth-order valence-electron chi connectivity index (χ4n) is 2.32. The van der Waals surface area contributed by atoms with Gasteiger partial charge >= 0.3 is 0 Å². The van der Waals surface area contributed by atoms with Crippen LogP contribution < -0.4 is 0 Å². The van der Waals surface area contributed by atoms with E-state index >= 15 is 0 Å². The molecule has 0 aliphatic heterocycles. The number of hydrogen-bond acceptors (Lipinski definition) is 3. The smallest absolute Gasteiger partial charge is 0.254 e. The quantitative estimate of drug-likeness (QED) is 0.800. The number of aryl methyl sites for hydroxylation is 1. The van der Waals surface area contributed by atoms with Crippen molar-refractivity contribution in [2.24, 2.45) is 0 Å². The predicted molar refractivity (Wildman–Crippen MR) is 85.7 cm³/mol. The first kappa shape index (κ1) is 13.8. The highest BCUT2D eigenvalue weighted by molar-refractivity contribution is 7.12. The third kappa shape index (κ3) is 2.56. The van der Waals surface area contributed by atoms with Crippen LogP contribution in [-0.4, -0.2) is 27.8 Å². The fraction of sp³-hybridized carbons (Fsp3) is 0.250. The molecule has 0 fully saturated rings. The Morgan fingerprint density at radius 1 is 1.33 bits per heavy atom. The van der Waals surface area contributed by atoms with Crippen LogP contribution in [0.2, 0.25) is 0 Å². The summed E-state index contributed by atoms with van der Waals surface area (Å²) >= 11 is 1.73. The monoisotopic (exact) mass is 299 g/mol. The van der Waals surface area contributed by atoms with E-state index < -0.39 is 0 Å². The first-order chi connectivity index (χ1) is 10.1. The van der Waals surface area contributed by atoms with Crippen LogP contribution in [0.5, 0.6) is 0 Å². The molecule has 1 unspecified atom stereocenters. The van der Waals surface area contributed by atoms with Gasteiger partial charge in [-0.05, 0) is 44.2 Å². The standard InChI is InChI=1S/C16H17N3OS/c1-10-4-7-15(21-10)11(2)19(3)16(20)12-5-6-13-14(8-12)18-9-17-13/h4-9,11H,1-3H3,(H,17,18). The zero-order valence-electron chi connectivity index (χ0n) is 12.3. The Hall–Kier alpha value is -2.14. The van der Waals surface area contributed by atoms with Crippen molar-refractivity contribution in [2.45, 2.75) is 19.9 Å². The molecule has 1 amide bonds. The maximum absolute atomic E-state index is 12.6. The molecule has 0 radical (unpaired) electrons. The number of hydrogen-bond donors (Lipinski definition) is 1. The number of imidazole rings is 1. The summed E-state index contributed by atoms with van der Waals surface area (Å²) in [5.74, 6) is 0.0186. The molecule has 2 heterocycles. The van der Waals surface area contributed by atoms with Crippen molar-refractivity contribution < 1.29 is 4.79 Å². The third-order valence-corrected chi connectivity index (χ3v) is 4.91. The Morgan fingerprint density at radius 2 is 2.14 bits per heavy atom. The molecule has 3 aromatic rings. The van der Waals surface area contributed by atoms with Gasteiger partial charge in [-0.1, -0.05) is 0 Å². The lowest BCUT2D eigenvalue weighted by Crippen LogP contribution is -2.29. The molecule has 0 bridgehead atoms. The number of carbonyl (C=O) groups is 1. The lowest BCUT2D eigenvalue weighted by molar-refractivity contribution is 0.0745. The third-order valence-electron chi connectivity index (χ3n) is 3.74. The lowest BCUT2D eigenvalue weighted by atomic mass is 10.1. The van der Waals surface area contributed by atoms with Gasteiger partial charge < -0.3 is 9.88 Å². The van der Waals surface area contributed by atoms with E-state index in [-0.39, 0.29) is 11.9 Å². The van der Waals surface area contributed by atoms with Crippen molar-refractivity contribution in [1.29, 1.82) is 0 Å². The fourth-order valence-corrected chi connectivity index (χ4v) is 3.29. The number of aromatic amines is 1. The maximum atomic E-state index is 12.6. The minimum Gasteiger partial charge on any atom is -0.345 e. The molecule has 0 aliphatic carbocycles. The molecular formula is C16H17N3OS.